The van der Waals surface area contributed by atoms with E-state index in [-0.39, 0.29) is 6.04 Å². The van der Waals surface area contributed by atoms with Gasteiger partial charge in [-0.15, -0.1) is 0 Å². The van der Waals surface area contributed by atoms with Crippen LogP contribution in [0, 0.1) is 0 Å². The highest BCUT2D eigenvalue weighted by molar-refractivity contribution is 9.10. The average Bonchev–Trinajstić information content (AvgIpc) is 3.16. The molecular weight excluding hydrogens is 530 g/mol. The average molecular weight is 543 g/mol. The fourth-order valence-corrected chi connectivity index (χ4v) is 4.94. The molecule has 3 aromatic carbocycles. The first-order valence-corrected chi connectivity index (χ1v) is 11.4. The van der Waals surface area contributed by atoms with E-state index in [2.05, 4.69) is 15.9 Å². The number of rotatable bonds is 2. The van der Waals surface area contributed by atoms with E-state index in [1.165, 1.54) is 0 Å². The highest BCUT2D eigenvalue weighted by Crippen LogP contribution is 2.51. The summed E-state index contributed by atoms with van der Waals surface area (Å²) in [5.41, 5.74) is 3.77. The molecular formula is C22H13BrCl4N2O. The summed E-state index contributed by atoms with van der Waals surface area (Å²) in [4.78, 5) is 0. The van der Waals surface area contributed by atoms with Gasteiger partial charge in [-0.3, -0.25) is 0 Å². The zero-order valence-corrected chi connectivity index (χ0v) is 19.9. The maximum Gasteiger partial charge on any atom is 0.214 e. The first-order valence-electron chi connectivity index (χ1n) is 9.13. The molecule has 0 aromatic heterocycles. The van der Waals surface area contributed by atoms with Crippen LogP contribution in [0.2, 0.25) is 20.1 Å². The molecule has 0 N–H and O–H groups in total. The van der Waals surface area contributed by atoms with Crippen LogP contribution < -0.4 is 4.74 Å². The molecule has 152 valence electrons. The SMILES string of the molecule is Clc1cc(Cl)c2c(c1)[C@@H]1CC(c3ccc(Br)cc3)=NN1[C@@H](c1ccc(Cl)c(Cl)c1)O2. The number of hydrazone groups is 1. The molecule has 0 saturated heterocycles. The van der Waals surface area contributed by atoms with Crippen molar-refractivity contribution in [3.63, 3.8) is 0 Å². The number of ether oxygens (including phenoxy) is 1. The molecule has 2 aliphatic rings. The lowest BCUT2D eigenvalue weighted by Crippen LogP contribution is -2.33. The smallest absolute Gasteiger partial charge is 0.214 e. The van der Waals surface area contributed by atoms with Crippen molar-refractivity contribution in [1.29, 1.82) is 0 Å². The molecule has 30 heavy (non-hydrogen) atoms. The van der Waals surface area contributed by atoms with Crippen molar-refractivity contribution in [1.82, 2.24) is 5.01 Å². The van der Waals surface area contributed by atoms with E-state index >= 15 is 0 Å². The number of benzene rings is 3. The van der Waals surface area contributed by atoms with Crippen LogP contribution in [0.25, 0.3) is 0 Å². The van der Waals surface area contributed by atoms with Crippen molar-refractivity contribution in [3.8, 4) is 5.75 Å². The topological polar surface area (TPSA) is 24.8 Å². The predicted molar refractivity (Wildman–Crippen MR) is 126 cm³/mol. The molecule has 0 saturated carbocycles. The van der Waals surface area contributed by atoms with E-state index in [4.69, 9.17) is 56.2 Å². The molecule has 2 aliphatic heterocycles. The maximum atomic E-state index is 6.50. The van der Waals surface area contributed by atoms with Crippen LogP contribution >= 0.6 is 62.3 Å². The van der Waals surface area contributed by atoms with E-state index in [1.807, 2.05) is 41.4 Å². The Morgan fingerprint density at radius 2 is 1.67 bits per heavy atom. The van der Waals surface area contributed by atoms with Gasteiger partial charge < -0.3 is 4.74 Å². The van der Waals surface area contributed by atoms with Crippen molar-refractivity contribution in [2.45, 2.75) is 18.7 Å². The molecule has 8 heteroatoms. The van der Waals surface area contributed by atoms with Gasteiger partial charge in [0.25, 0.3) is 0 Å². The Balaban J connectivity index is 1.63. The summed E-state index contributed by atoms with van der Waals surface area (Å²) >= 11 is 28.7. The number of nitrogens with zero attached hydrogens (tertiary/aromatic N) is 2. The number of fused-ring (bicyclic) bond motifs is 3. The van der Waals surface area contributed by atoms with E-state index in [0.29, 0.717) is 32.3 Å². The van der Waals surface area contributed by atoms with Gasteiger partial charge in [0.2, 0.25) is 6.23 Å². The van der Waals surface area contributed by atoms with E-state index in [1.54, 1.807) is 18.2 Å². The largest absolute Gasteiger partial charge is 0.463 e. The van der Waals surface area contributed by atoms with E-state index in [9.17, 15) is 0 Å². The van der Waals surface area contributed by atoms with Crippen LogP contribution in [-0.2, 0) is 0 Å². The van der Waals surface area contributed by atoms with Gasteiger partial charge in [-0.2, -0.15) is 5.10 Å². The summed E-state index contributed by atoms with van der Waals surface area (Å²) in [6.45, 7) is 0. The number of halogens is 5. The van der Waals surface area contributed by atoms with Crippen LogP contribution in [0.4, 0.5) is 0 Å². The Labute approximate surface area is 202 Å². The molecule has 0 aliphatic carbocycles. The highest BCUT2D eigenvalue weighted by atomic mass is 79.9. The summed E-state index contributed by atoms with van der Waals surface area (Å²) in [5, 5.41) is 8.85. The standard InChI is InChI=1S/C22H13BrCl4N2O/c23-13-4-1-11(2-5-13)19-10-20-15-8-14(24)9-18(27)21(15)30-22(29(20)28-19)12-3-6-16(25)17(26)7-12/h1-9,20,22H,10H2/t20-,22+/m0/s1. The minimum absolute atomic E-state index is 0.0666. The van der Waals surface area contributed by atoms with Crippen molar-refractivity contribution in [2.75, 3.05) is 0 Å². The summed E-state index contributed by atoms with van der Waals surface area (Å²) in [6.07, 6.45) is 0.204. The third-order valence-electron chi connectivity index (χ3n) is 5.21. The Morgan fingerprint density at radius 3 is 2.40 bits per heavy atom. The number of hydrogen-bond donors (Lipinski definition) is 0. The molecule has 0 unspecified atom stereocenters. The van der Waals surface area contributed by atoms with Gasteiger partial charge >= 0.3 is 0 Å². The van der Waals surface area contributed by atoms with Gasteiger partial charge in [-0.25, -0.2) is 5.01 Å². The quantitative estimate of drug-likeness (QED) is 0.325. The van der Waals surface area contributed by atoms with Gasteiger partial charge in [0.15, 0.2) is 0 Å². The minimum Gasteiger partial charge on any atom is -0.463 e. The molecule has 2 heterocycles. The second-order valence-corrected chi connectivity index (χ2v) is 9.68. The second kappa shape index (κ2) is 7.92. The zero-order chi connectivity index (χ0) is 21.0. The van der Waals surface area contributed by atoms with Crippen LogP contribution in [0.5, 0.6) is 5.75 Å². The fraction of sp³-hybridized carbons (Fsp3) is 0.136. The minimum atomic E-state index is -0.496. The third-order valence-corrected chi connectivity index (χ3v) is 6.98. The lowest BCUT2D eigenvalue weighted by atomic mass is 9.96. The van der Waals surface area contributed by atoms with E-state index in [0.717, 1.165) is 26.9 Å². The molecule has 0 bridgehead atoms. The molecule has 0 fully saturated rings. The predicted octanol–water partition coefficient (Wildman–Crippen LogP) is 8.31. The van der Waals surface area contributed by atoms with Crippen molar-refractivity contribution in [2.24, 2.45) is 5.10 Å². The Kier molecular flexibility index (Phi) is 5.41. The Bertz CT molecular complexity index is 1180. The zero-order valence-electron chi connectivity index (χ0n) is 15.3. The molecule has 2 atom stereocenters. The summed E-state index contributed by atoms with van der Waals surface area (Å²) in [6, 6.07) is 17.1. The van der Waals surface area contributed by atoms with Crippen LogP contribution in [0.1, 0.15) is 35.4 Å². The Hall–Kier alpha value is -1.43. The van der Waals surface area contributed by atoms with Crippen molar-refractivity contribution >= 4 is 68.0 Å². The second-order valence-electron chi connectivity index (χ2n) is 7.10. The third kappa shape index (κ3) is 3.59. The summed E-state index contributed by atoms with van der Waals surface area (Å²) in [5.74, 6) is 0.616. The van der Waals surface area contributed by atoms with Gasteiger partial charge in [-0.05, 0) is 42.0 Å². The van der Waals surface area contributed by atoms with Crippen molar-refractivity contribution < 1.29 is 4.74 Å². The van der Waals surface area contributed by atoms with Crippen LogP contribution in [-0.4, -0.2) is 10.7 Å². The van der Waals surface area contributed by atoms with Gasteiger partial charge in [0, 0.05) is 27.0 Å². The monoisotopic (exact) mass is 540 g/mol. The van der Waals surface area contributed by atoms with Gasteiger partial charge in [-0.1, -0.05) is 80.5 Å². The number of hydrogen-bond acceptors (Lipinski definition) is 3. The summed E-state index contributed by atoms with van der Waals surface area (Å²) < 4.78 is 7.35. The lowest BCUT2D eigenvalue weighted by molar-refractivity contribution is -0.0189. The summed E-state index contributed by atoms with van der Waals surface area (Å²) in [7, 11) is 0. The van der Waals surface area contributed by atoms with Gasteiger partial charge in [0.1, 0.15) is 5.75 Å². The van der Waals surface area contributed by atoms with Crippen LogP contribution in [0.3, 0.4) is 0 Å². The molecule has 0 amide bonds. The molecule has 0 radical (unpaired) electrons. The first-order chi connectivity index (χ1) is 14.4. The normalized spacial score (nSPS) is 19.8. The van der Waals surface area contributed by atoms with Gasteiger partial charge in [0.05, 0.1) is 26.8 Å². The first kappa shape index (κ1) is 20.5. The lowest BCUT2D eigenvalue weighted by Gasteiger charge is -2.38. The highest BCUT2D eigenvalue weighted by Gasteiger charge is 2.42. The van der Waals surface area contributed by atoms with Crippen LogP contribution in [0.15, 0.2) is 64.2 Å². The molecule has 0 spiro atoms. The van der Waals surface area contributed by atoms with E-state index < -0.39 is 6.23 Å². The molecule has 3 aromatic rings. The fourth-order valence-electron chi connectivity index (χ4n) is 3.82. The molecule has 5 rings (SSSR count). The van der Waals surface area contributed by atoms with Crippen molar-refractivity contribution in [3.05, 3.63) is 95.9 Å². The molecule has 3 nitrogen and oxygen atoms in total. The maximum absolute atomic E-state index is 6.50. The Morgan fingerprint density at radius 1 is 0.900 bits per heavy atom.